The van der Waals surface area contributed by atoms with Crippen LogP contribution >= 0.6 is 0 Å². The fourth-order valence-electron chi connectivity index (χ4n) is 4.82. The minimum Gasteiger partial charge on any atom is -0.342 e. The first kappa shape index (κ1) is 23.0. The molecule has 174 valence electrons. The lowest BCUT2D eigenvalue weighted by Gasteiger charge is -2.33. The Labute approximate surface area is 196 Å². The summed E-state index contributed by atoms with van der Waals surface area (Å²) in [5.74, 6) is -0.0470. The third kappa shape index (κ3) is 5.10. The zero-order valence-corrected chi connectivity index (χ0v) is 19.7. The Hall–Kier alpha value is -3.15. The highest BCUT2D eigenvalue weighted by atomic mass is 16.2. The number of hydrogen-bond donors (Lipinski definition) is 1. The van der Waals surface area contributed by atoms with E-state index in [-0.39, 0.29) is 36.0 Å². The van der Waals surface area contributed by atoms with Gasteiger partial charge in [0.1, 0.15) is 0 Å². The summed E-state index contributed by atoms with van der Waals surface area (Å²) in [5.41, 5.74) is 3.98. The number of nitrogens with zero attached hydrogens (tertiary/aromatic N) is 2. The molecule has 4 rings (SSSR count). The highest BCUT2D eigenvalue weighted by Gasteiger charge is 2.38. The largest absolute Gasteiger partial charge is 0.342 e. The van der Waals surface area contributed by atoms with Crippen molar-refractivity contribution in [2.24, 2.45) is 11.8 Å². The Bertz CT molecular complexity index is 1020. The first-order valence-electron chi connectivity index (χ1n) is 11.9. The van der Waals surface area contributed by atoms with Gasteiger partial charge in [-0.05, 0) is 49.4 Å². The lowest BCUT2D eigenvalue weighted by molar-refractivity contribution is -0.138. The fourth-order valence-corrected chi connectivity index (χ4v) is 4.82. The van der Waals surface area contributed by atoms with Crippen LogP contribution in [0.2, 0.25) is 0 Å². The second-order valence-electron chi connectivity index (χ2n) is 9.57. The molecular formula is C27H33N3O3. The van der Waals surface area contributed by atoms with E-state index >= 15 is 0 Å². The van der Waals surface area contributed by atoms with Crippen molar-refractivity contribution in [1.82, 2.24) is 4.90 Å². The van der Waals surface area contributed by atoms with Crippen molar-refractivity contribution in [3.8, 4) is 0 Å². The monoisotopic (exact) mass is 447 g/mol. The van der Waals surface area contributed by atoms with Gasteiger partial charge < -0.3 is 15.1 Å². The summed E-state index contributed by atoms with van der Waals surface area (Å²) in [6.07, 6.45) is 1.53. The minimum absolute atomic E-state index is 0.00437. The maximum absolute atomic E-state index is 13.1. The SMILES string of the molecule is Cc1ccc(N2CC(C(=O)N3CCC(C(=O)Nc4ccccc4C(C)C)CC3)CC2=O)cc1. The maximum atomic E-state index is 13.1. The number of piperidine rings is 1. The Morgan fingerprint density at radius 3 is 2.30 bits per heavy atom. The molecule has 0 aromatic heterocycles. The van der Waals surface area contributed by atoms with Gasteiger partial charge in [-0.1, -0.05) is 49.7 Å². The van der Waals surface area contributed by atoms with Crippen LogP contribution in [0.5, 0.6) is 0 Å². The quantitative estimate of drug-likeness (QED) is 0.741. The molecule has 3 amide bonds. The van der Waals surface area contributed by atoms with Crippen molar-refractivity contribution in [2.75, 3.05) is 29.9 Å². The molecule has 33 heavy (non-hydrogen) atoms. The Balaban J connectivity index is 1.32. The van der Waals surface area contributed by atoms with Crippen molar-refractivity contribution in [1.29, 1.82) is 0 Å². The van der Waals surface area contributed by atoms with E-state index in [0.717, 1.165) is 22.5 Å². The van der Waals surface area contributed by atoms with E-state index in [1.165, 1.54) is 0 Å². The van der Waals surface area contributed by atoms with Gasteiger partial charge in [-0.25, -0.2) is 0 Å². The summed E-state index contributed by atoms with van der Waals surface area (Å²) in [6.45, 7) is 7.77. The Kier molecular flexibility index (Phi) is 6.82. The zero-order chi connectivity index (χ0) is 23.5. The van der Waals surface area contributed by atoms with Crippen molar-refractivity contribution in [3.63, 3.8) is 0 Å². The molecule has 2 saturated heterocycles. The first-order valence-corrected chi connectivity index (χ1v) is 11.9. The molecule has 0 bridgehead atoms. The number of aryl methyl sites for hydroxylation is 1. The molecule has 2 aromatic rings. The molecule has 0 aliphatic carbocycles. The molecular weight excluding hydrogens is 414 g/mol. The number of carbonyl (C=O) groups is 3. The van der Waals surface area contributed by atoms with E-state index in [4.69, 9.17) is 0 Å². The van der Waals surface area contributed by atoms with Crippen LogP contribution in [-0.4, -0.2) is 42.3 Å². The van der Waals surface area contributed by atoms with E-state index in [0.29, 0.717) is 38.4 Å². The van der Waals surface area contributed by atoms with Crippen LogP contribution in [0.25, 0.3) is 0 Å². The lowest BCUT2D eigenvalue weighted by atomic mass is 9.94. The highest BCUT2D eigenvalue weighted by molar-refractivity contribution is 6.00. The van der Waals surface area contributed by atoms with Crippen LogP contribution in [0.3, 0.4) is 0 Å². The minimum atomic E-state index is -0.318. The van der Waals surface area contributed by atoms with Gasteiger partial charge in [0.05, 0.1) is 5.92 Å². The van der Waals surface area contributed by atoms with Crippen molar-refractivity contribution in [2.45, 2.75) is 46.0 Å². The van der Waals surface area contributed by atoms with Crippen LogP contribution in [0.15, 0.2) is 48.5 Å². The van der Waals surface area contributed by atoms with E-state index < -0.39 is 0 Å². The molecule has 2 aromatic carbocycles. The molecule has 0 saturated carbocycles. The summed E-state index contributed by atoms with van der Waals surface area (Å²) in [5, 5.41) is 3.10. The Morgan fingerprint density at radius 1 is 0.970 bits per heavy atom. The van der Waals surface area contributed by atoms with Gasteiger partial charge in [0.2, 0.25) is 17.7 Å². The molecule has 2 aliphatic heterocycles. The number of nitrogens with one attached hydrogen (secondary N) is 1. The number of carbonyl (C=O) groups excluding carboxylic acids is 3. The number of para-hydroxylation sites is 1. The summed E-state index contributed by atoms with van der Waals surface area (Å²) < 4.78 is 0. The van der Waals surface area contributed by atoms with Gasteiger partial charge in [0.25, 0.3) is 0 Å². The second-order valence-corrected chi connectivity index (χ2v) is 9.57. The van der Waals surface area contributed by atoms with E-state index in [2.05, 4.69) is 19.2 Å². The molecule has 0 radical (unpaired) electrons. The van der Waals surface area contributed by atoms with Gasteiger partial charge in [0.15, 0.2) is 0 Å². The summed E-state index contributed by atoms with van der Waals surface area (Å²) in [4.78, 5) is 42.1. The number of benzene rings is 2. The number of likely N-dealkylation sites (tertiary alicyclic amines) is 1. The number of rotatable bonds is 5. The molecule has 6 nitrogen and oxygen atoms in total. The molecule has 1 N–H and O–H groups in total. The van der Waals surface area contributed by atoms with E-state index in [9.17, 15) is 14.4 Å². The zero-order valence-electron chi connectivity index (χ0n) is 19.7. The first-order chi connectivity index (χ1) is 15.8. The predicted octanol–water partition coefficient (Wildman–Crippen LogP) is 4.35. The van der Waals surface area contributed by atoms with Gasteiger partial charge in [-0.2, -0.15) is 0 Å². The van der Waals surface area contributed by atoms with Gasteiger partial charge >= 0.3 is 0 Å². The van der Waals surface area contributed by atoms with Crippen LogP contribution in [-0.2, 0) is 14.4 Å². The maximum Gasteiger partial charge on any atom is 0.228 e. The second kappa shape index (κ2) is 9.77. The number of anilines is 2. The molecule has 0 spiro atoms. The lowest BCUT2D eigenvalue weighted by Crippen LogP contribution is -2.44. The molecule has 2 aliphatic rings. The molecule has 6 heteroatoms. The standard InChI is InChI=1S/C27H33N3O3/c1-18(2)23-6-4-5-7-24(23)28-26(32)20-12-14-29(15-13-20)27(33)21-16-25(31)30(17-21)22-10-8-19(3)9-11-22/h4-11,18,20-21H,12-17H2,1-3H3,(H,28,32). The van der Waals surface area contributed by atoms with Gasteiger partial charge in [0, 0.05) is 43.3 Å². The average Bonchev–Trinajstić information content (AvgIpc) is 3.21. The van der Waals surface area contributed by atoms with Crippen molar-refractivity contribution in [3.05, 3.63) is 59.7 Å². The fraction of sp³-hybridized carbons (Fsp3) is 0.444. The van der Waals surface area contributed by atoms with Crippen LogP contribution < -0.4 is 10.2 Å². The van der Waals surface area contributed by atoms with Crippen molar-refractivity contribution >= 4 is 29.1 Å². The Morgan fingerprint density at radius 2 is 1.64 bits per heavy atom. The number of amides is 3. The van der Waals surface area contributed by atoms with Crippen molar-refractivity contribution < 1.29 is 14.4 Å². The molecule has 2 heterocycles. The average molecular weight is 448 g/mol. The van der Waals surface area contributed by atoms with Gasteiger partial charge in [-0.3, -0.25) is 14.4 Å². The van der Waals surface area contributed by atoms with Crippen LogP contribution in [0.4, 0.5) is 11.4 Å². The molecule has 2 fully saturated rings. The predicted molar refractivity (Wildman–Crippen MR) is 130 cm³/mol. The van der Waals surface area contributed by atoms with Crippen LogP contribution in [0.1, 0.15) is 50.2 Å². The highest BCUT2D eigenvalue weighted by Crippen LogP contribution is 2.29. The van der Waals surface area contributed by atoms with E-state index in [1.54, 1.807) is 4.90 Å². The third-order valence-electron chi connectivity index (χ3n) is 6.84. The topological polar surface area (TPSA) is 69.7 Å². The summed E-state index contributed by atoms with van der Waals surface area (Å²) in [6, 6.07) is 15.7. The third-order valence-corrected chi connectivity index (χ3v) is 6.84. The van der Waals surface area contributed by atoms with E-state index in [1.807, 2.05) is 60.4 Å². The smallest absolute Gasteiger partial charge is 0.228 e. The normalized spacial score (nSPS) is 19.3. The summed E-state index contributed by atoms with van der Waals surface area (Å²) in [7, 11) is 0. The van der Waals surface area contributed by atoms with Gasteiger partial charge in [-0.15, -0.1) is 0 Å². The molecule has 1 atom stereocenters. The summed E-state index contributed by atoms with van der Waals surface area (Å²) >= 11 is 0. The number of hydrogen-bond acceptors (Lipinski definition) is 3. The molecule has 1 unspecified atom stereocenters. The van der Waals surface area contributed by atoms with Crippen LogP contribution in [0, 0.1) is 18.8 Å².